The molecule has 7 heteroatoms. The summed E-state index contributed by atoms with van der Waals surface area (Å²) >= 11 is 0. The lowest BCUT2D eigenvalue weighted by molar-refractivity contribution is -0.121. The predicted molar refractivity (Wildman–Crippen MR) is 79.4 cm³/mol. The van der Waals surface area contributed by atoms with Crippen molar-refractivity contribution in [3.05, 3.63) is 0 Å². The van der Waals surface area contributed by atoms with Crippen LogP contribution >= 0.6 is 12.4 Å². The Morgan fingerprint density at radius 3 is 2.68 bits per heavy atom. The summed E-state index contributed by atoms with van der Waals surface area (Å²) in [5.74, 6) is 0.701. The van der Waals surface area contributed by atoms with Crippen LogP contribution in [0.3, 0.4) is 0 Å². The highest BCUT2D eigenvalue weighted by Crippen LogP contribution is 2.14. The first-order valence-corrected chi connectivity index (χ1v) is 8.45. The van der Waals surface area contributed by atoms with E-state index in [0.29, 0.717) is 12.3 Å². The third-order valence-corrected chi connectivity index (χ3v) is 5.18. The second-order valence-corrected chi connectivity index (χ2v) is 7.46. The van der Waals surface area contributed by atoms with Crippen molar-refractivity contribution in [1.82, 2.24) is 10.6 Å². The smallest absolute Gasteiger partial charge is 0.220 e. The molecule has 1 fully saturated rings. The van der Waals surface area contributed by atoms with Gasteiger partial charge in [0.2, 0.25) is 5.91 Å². The van der Waals surface area contributed by atoms with E-state index < -0.39 is 9.84 Å². The van der Waals surface area contributed by atoms with E-state index in [1.54, 1.807) is 13.8 Å². The molecule has 0 aromatic carbocycles. The fourth-order valence-electron chi connectivity index (χ4n) is 2.18. The van der Waals surface area contributed by atoms with E-state index in [9.17, 15) is 13.2 Å². The molecule has 1 aliphatic heterocycles. The largest absolute Gasteiger partial charge is 0.353 e. The van der Waals surface area contributed by atoms with Crippen molar-refractivity contribution < 1.29 is 13.2 Å². The van der Waals surface area contributed by atoms with Crippen LogP contribution in [0.25, 0.3) is 0 Å². The van der Waals surface area contributed by atoms with Crippen LogP contribution in [0.2, 0.25) is 0 Å². The van der Waals surface area contributed by atoms with Crippen LogP contribution < -0.4 is 10.6 Å². The van der Waals surface area contributed by atoms with Gasteiger partial charge in [0.1, 0.15) is 0 Å². The fraction of sp³-hybridized carbons (Fsp3) is 0.917. The number of carbonyl (C=O) groups is 1. The maximum Gasteiger partial charge on any atom is 0.220 e. The molecule has 2 N–H and O–H groups in total. The molecule has 1 aliphatic rings. The molecule has 2 atom stereocenters. The first-order chi connectivity index (χ1) is 8.43. The Bertz CT molecular complexity index is 367. The van der Waals surface area contributed by atoms with E-state index in [0.717, 1.165) is 25.9 Å². The summed E-state index contributed by atoms with van der Waals surface area (Å²) < 4.78 is 22.8. The molecule has 0 spiro atoms. The molecule has 0 aromatic rings. The highest BCUT2D eigenvalue weighted by Gasteiger charge is 2.18. The van der Waals surface area contributed by atoms with Crippen molar-refractivity contribution >= 4 is 28.2 Å². The topological polar surface area (TPSA) is 75.3 Å². The number of carbonyl (C=O) groups excluding carboxylic acids is 1. The standard InChI is InChI=1S/C12H24N2O3S.ClH/c1-3-18(16,17)9-10(2)14-12(15)5-4-11-6-7-13-8-11;/h10-11,13H,3-9H2,1-2H3,(H,14,15);1H. The quantitative estimate of drug-likeness (QED) is 0.727. The molecule has 0 radical (unpaired) electrons. The van der Waals surface area contributed by atoms with E-state index in [2.05, 4.69) is 10.6 Å². The van der Waals surface area contributed by atoms with Gasteiger partial charge < -0.3 is 10.6 Å². The SMILES string of the molecule is CCS(=O)(=O)CC(C)NC(=O)CCC1CCNC1.Cl. The number of rotatable bonds is 7. The first-order valence-electron chi connectivity index (χ1n) is 6.63. The normalized spacial score (nSPS) is 20.6. The van der Waals surface area contributed by atoms with Crippen molar-refractivity contribution in [2.75, 3.05) is 24.6 Å². The van der Waals surface area contributed by atoms with Crippen molar-refractivity contribution in [3.63, 3.8) is 0 Å². The van der Waals surface area contributed by atoms with Crippen LogP contribution in [0, 0.1) is 5.92 Å². The molecule has 0 aromatic heterocycles. The Morgan fingerprint density at radius 1 is 1.47 bits per heavy atom. The third kappa shape index (κ3) is 7.74. The van der Waals surface area contributed by atoms with Gasteiger partial charge >= 0.3 is 0 Å². The van der Waals surface area contributed by atoms with Crippen LogP contribution in [-0.4, -0.2) is 45.0 Å². The maximum atomic E-state index is 11.7. The lowest BCUT2D eigenvalue weighted by Crippen LogP contribution is -2.38. The summed E-state index contributed by atoms with van der Waals surface area (Å²) in [6.45, 7) is 5.39. The van der Waals surface area contributed by atoms with E-state index in [-0.39, 0.29) is 35.9 Å². The van der Waals surface area contributed by atoms with Crippen molar-refractivity contribution in [1.29, 1.82) is 0 Å². The summed E-state index contributed by atoms with van der Waals surface area (Å²) in [6, 6.07) is -0.302. The first kappa shape index (κ1) is 18.7. The summed E-state index contributed by atoms with van der Waals surface area (Å²) in [7, 11) is -3.02. The monoisotopic (exact) mass is 312 g/mol. The molecule has 2 unspecified atom stereocenters. The van der Waals surface area contributed by atoms with Crippen LogP contribution in [-0.2, 0) is 14.6 Å². The number of amides is 1. The van der Waals surface area contributed by atoms with Crippen molar-refractivity contribution in [2.45, 2.75) is 39.2 Å². The number of halogens is 1. The number of hydrogen-bond acceptors (Lipinski definition) is 4. The second-order valence-electron chi connectivity index (χ2n) is 5.06. The average molecular weight is 313 g/mol. The van der Waals surface area contributed by atoms with Crippen molar-refractivity contribution in [2.24, 2.45) is 5.92 Å². The molecule has 1 saturated heterocycles. The molecular formula is C12H25ClN2O3S. The predicted octanol–water partition coefficient (Wildman–Crippen LogP) is 0.737. The van der Waals surface area contributed by atoms with Gasteiger partial charge in [-0.2, -0.15) is 0 Å². The zero-order chi connectivity index (χ0) is 13.6. The van der Waals surface area contributed by atoms with Crippen LogP contribution in [0.1, 0.15) is 33.1 Å². The van der Waals surface area contributed by atoms with Gasteiger partial charge in [0.05, 0.1) is 5.75 Å². The summed E-state index contributed by atoms with van der Waals surface area (Å²) in [6.07, 6.45) is 2.50. The summed E-state index contributed by atoms with van der Waals surface area (Å²) in [5.41, 5.74) is 0. The molecule has 0 saturated carbocycles. The van der Waals surface area contributed by atoms with Crippen LogP contribution in [0.5, 0.6) is 0 Å². The van der Waals surface area contributed by atoms with Gasteiger partial charge in [0.25, 0.3) is 0 Å². The summed E-state index contributed by atoms with van der Waals surface area (Å²) in [5, 5.41) is 6.02. The van der Waals surface area contributed by atoms with Gasteiger partial charge in [-0.25, -0.2) is 8.42 Å². The van der Waals surface area contributed by atoms with Gasteiger partial charge in [-0.15, -0.1) is 12.4 Å². The minimum Gasteiger partial charge on any atom is -0.353 e. The minimum atomic E-state index is -3.02. The molecule has 5 nitrogen and oxygen atoms in total. The average Bonchev–Trinajstić information content (AvgIpc) is 2.78. The van der Waals surface area contributed by atoms with E-state index >= 15 is 0 Å². The van der Waals surface area contributed by atoms with Gasteiger partial charge in [-0.1, -0.05) is 6.92 Å². The molecule has 1 heterocycles. The van der Waals surface area contributed by atoms with E-state index in [1.165, 1.54) is 0 Å². The number of nitrogens with one attached hydrogen (secondary N) is 2. The Balaban J connectivity index is 0.00000324. The maximum absolute atomic E-state index is 11.7. The molecule has 0 aliphatic carbocycles. The molecule has 0 bridgehead atoms. The molecule has 1 amide bonds. The molecular weight excluding hydrogens is 288 g/mol. The van der Waals surface area contributed by atoms with Crippen LogP contribution in [0.15, 0.2) is 0 Å². The lowest BCUT2D eigenvalue weighted by Gasteiger charge is -2.14. The molecule has 1 rings (SSSR count). The third-order valence-electron chi connectivity index (χ3n) is 3.29. The Kier molecular flexibility index (Phi) is 8.61. The fourth-order valence-corrected chi connectivity index (χ4v) is 3.26. The highest BCUT2D eigenvalue weighted by molar-refractivity contribution is 7.91. The van der Waals surface area contributed by atoms with Gasteiger partial charge in [0, 0.05) is 18.2 Å². The van der Waals surface area contributed by atoms with E-state index in [4.69, 9.17) is 0 Å². The lowest BCUT2D eigenvalue weighted by atomic mass is 10.0. The minimum absolute atomic E-state index is 0. The highest BCUT2D eigenvalue weighted by atomic mass is 35.5. The zero-order valence-corrected chi connectivity index (χ0v) is 13.3. The Morgan fingerprint density at radius 2 is 2.16 bits per heavy atom. The van der Waals surface area contributed by atoms with Crippen molar-refractivity contribution in [3.8, 4) is 0 Å². The molecule has 19 heavy (non-hydrogen) atoms. The number of sulfone groups is 1. The summed E-state index contributed by atoms with van der Waals surface area (Å²) in [4.78, 5) is 11.7. The Hall–Kier alpha value is -0.330. The molecule has 114 valence electrons. The second kappa shape index (κ2) is 8.76. The number of hydrogen-bond donors (Lipinski definition) is 2. The Labute approximate surface area is 122 Å². The van der Waals surface area contributed by atoms with Crippen LogP contribution in [0.4, 0.5) is 0 Å². The van der Waals surface area contributed by atoms with Gasteiger partial charge in [-0.3, -0.25) is 4.79 Å². The zero-order valence-electron chi connectivity index (χ0n) is 11.6. The van der Waals surface area contributed by atoms with Gasteiger partial charge in [0.15, 0.2) is 9.84 Å². The van der Waals surface area contributed by atoms with E-state index in [1.807, 2.05) is 0 Å². The van der Waals surface area contributed by atoms with Gasteiger partial charge in [-0.05, 0) is 38.8 Å².